The Morgan fingerprint density at radius 2 is 2.19 bits per heavy atom. The van der Waals surface area contributed by atoms with Crippen LogP contribution in [0.15, 0.2) is 22.6 Å². The van der Waals surface area contributed by atoms with Crippen molar-refractivity contribution in [1.29, 1.82) is 0 Å². The molecule has 1 aromatic carbocycles. The highest BCUT2D eigenvalue weighted by molar-refractivity contribution is 5.92. The van der Waals surface area contributed by atoms with Crippen LogP contribution >= 0.6 is 0 Å². The van der Waals surface area contributed by atoms with Crippen molar-refractivity contribution in [3.8, 4) is 0 Å². The van der Waals surface area contributed by atoms with Gasteiger partial charge in [0.15, 0.2) is 5.58 Å². The summed E-state index contributed by atoms with van der Waals surface area (Å²) < 4.78 is 5.20. The smallest absolute Gasteiger partial charge is 0.307 e. The Morgan fingerprint density at radius 3 is 2.81 bits per heavy atom. The van der Waals surface area contributed by atoms with Crippen LogP contribution in [0.25, 0.3) is 11.1 Å². The lowest BCUT2D eigenvalue weighted by atomic mass is 10.1. The zero-order valence-electron chi connectivity index (χ0n) is 8.56. The molecular weight excluding hydrogens is 210 g/mol. The SMILES string of the molecule is CC(=O)c1nc2ccc(CC(=O)O)cc2o1. The number of rotatable bonds is 3. The normalized spacial score (nSPS) is 10.6. The molecule has 82 valence electrons. The number of ketones is 1. The third-order valence-electron chi connectivity index (χ3n) is 2.11. The van der Waals surface area contributed by atoms with E-state index in [1.165, 1.54) is 6.92 Å². The first-order valence-corrected chi connectivity index (χ1v) is 4.68. The number of benzene rings is 1. The van der Waals surface area contributed by atoms with Crippen molar-refractivity contribution in [1.82, 2.24) is 4.98 Å². The van der Waals surface area contributed by atoms with Gasteiger partial charge in [0.2, 0.25) is 5.78 Å². The Labute approximate surface area is 90.7 Å². The van der Waals surface area contributed by atoms with Crippen LogP contribution in [0.3, 0.4) is 0 Å². The van der Waals surface area contributed by atoms with Gasteiger partial charge in [-0.3, -0.25) is 9.59 Å². The van der Waals surface area contributed by atoms with Crippen molar-refractivity contribution in [2.45, 2.75) is 13.3 Å². The van der Waals surface area contributed by atoms with Crippen LogP contribution < -0.4 is 0 Å². The molecule has 0 saturated carbocycles. The van der Waals surface area contributed by atoms with Gasteiger partial charge >= 0.3 is 5.97 Å². The average Bonchev–Trinajstić information content (AvgIpc) is 2.59. The minimum atomic E-state index is -0.911. The molecule has 2 aromatic rings. The van der Waals surface area contributed by atoms with Gasteiger partial charge in [-0.05, 0) is 17.7 Å². The summed E-state index contributed by atoms with van der Waals surface area (Å²) in [7, 11) is 0. The summed E-state index contributed by atoms with van der Waals surface area (Å²) in [5.41, 5.74) is 1.61. The lowest BCUT2D eigenvalue weighted by Gasteiger charge is -1.94. The number of Topliss-reactive ketones (excluding diaryl/α,β-unsaturated/α-hetero) is 1. The molecule has 5 nitrogen and oxygen atoms in total. The molecule has 2 rings (SSSR count). The van der Waals surface area contributed by atoms with Crippen LogP contribution in [0.1, 0.15) is 23.2 Å². The molecule has 0 spiro atoms. The Hall–Kier alpha value is -2.17. The first-order chi connectivity index (χ1) is 7.56. The molecule has 0 radical (unpaired) electrons. The summed E-state index contributed by atoms with van der Waals surface area (Å²) in [6.07, 6.45) is -0.0773. The zero-order chi connectivity index (χ0) is 11.7. The molecule has 1 aromatic heterocycles. The van der Waals surface area contributed by atoms with Crippen LogP contribution in [-0.4, -0.2) is 21.8 Å². The van der Waals surface area contributed by atoms with Crippen LogP contribution in [0.2, 0.25) is 0 Å². The molecule has 0 aliphatic heterocycles. The molecular formula is C11H9NO4. The third kappa shape index (κ3) is 1.93. The van der Waals surface area contributed by atoms with Crippen molar-refractivity contribution in [3.05, 3.63) is 29.7 Å². The Bertz CT molecular complexity index is 570. The van der Waals surface area contributed by atoms with Crippen molar-refractivity contribution in [3.63, 3.8) is 0 Å². The van der Waals surface area contributed by atoms with E-state index in [0.717, 1.165) is 0 Å². The fraction of sp³-hybridized carbons (Fsp3) is 0.182. The Morgan fingerprint density at radius 1 is 1.44 bits per heavy atom. The first-order valence-electron chi connectivity index (χ1n) is 4.68. The van der Waals surface area contributed by atoms with Gasteiger partial charge in [-0.1, -0.05) is 6.07 Å². The maximum absolute atomic E-state index is 11.0. The van der Waals surface area contributed by atoms with Gasteiger partial charge in [0.1, 0.15) is 5.52 Å². The molecule has 0 amide bonds. The van der Waals surface area contributed by atoms with E-state index in [1.807, 2.05) is 0 Å². The minimum absolute atomic E-state index is 0.0440. The second kappa shape index (κ2) is 3.77. The number of hydrogen-bond acceptors (Lipinski definition) is 4. The van der Waals surface area contributed by atoms with Crippen LogP contribution in [0, 0.1) is 0 Å². The Kier molecular flexibility index (Phi) is 2.44. The maximum atomic E-state index is 11.0. The number of hydrogen-bond donors (Lipinski definition) is 1. The molecule has 1 heterocycles. The average molecular weight is 219 g/mol. The predicted octanol–water partition coefficient (Wildman–Crippen LogP) is 1.66. The van der Waals surface area contributed by atoms with E-state index in [2.05, 4.69) is 4.98 Å². The van der Waals surface area contributed by atoms with E-state index in [9.17, 15) is 9.59 Å². The standard InChI is InChI=1S/C11H9NO4/c1-6(13)11-12-8-3-2-7(5-10(14)15)4-9(8)16-11/h2-4H,5H2,1H3,(H,14,15). The molecule has 0 unspecified atom stereocenters. The number of fused-ring (bicyclic) bond motifs is 1. The molecule has 0 aliphatic carbocycles. The van der Waals surface area contributed by atoms with Gasteiger partial charge in [-0.15, -0.1) is 0 Å². The highest BCUT2D eigenvalue weighted by Gasteiger charge is 2.10. The fourth-order valence-corrected chi connectivity index (χ4v) is 1.40. The monoisotopic (exact) mass is 219 g/mol. The largest absolute Gasteiger partial charge is 0.481 e. The predicted molar refractivity (Wildman–Crippen MR) is 55.4 cm³/mol. The number of nitrogens with zero attached hydrogens (tertiary/aromatic N) is 1. The molecule has 0 saturated heterocycles. The number of aliphatic carboxylic acids is 1. The third-order valence-corrected chi connectivity index (χ3v) is 2.11. The number of carboxylic acids is 1. The van der Waals surface area contributed by atoms with E-state index < -0.39 is 5.97 Å². The van der Waals surface area contributed by atoms with Gasteiger partial charge in [0.25, 0.3) is 5.89 Å². The summed E-state index contributed by atoms with van der Waals surface area (Å²) in [5, 5.41) is 8.63. The molecule has 5 heteroatoms. The number of carbonyl (C=O) groups excluding carboxylic acids is 1. The molecule has 0 fully saturated rings. The van der Waals surface area contributed by atoms with Crippen molar-refractivity contribution in [2.75, 3.05) is 0 Å². The summed E-state index contributed by atoms with van der Waals surface area (Å²) in [5.74, 6) is -1.12. The van der Waals surface area contributed by atoms with Crippen molar-refractivity contribution < 1.29 is 19.1 Å². The summed E-state index contributed by atoms with van der Waals surface area (Å²) in [6.45, 7) is 1.36. The van der Waals surface area contributed by atoms with Crippen molar-refractivity contribution >= 4 is 22.9 Å². The van der Waals surface area contributed by atoms with Crippen LogP contribution in [0.4, 0.5) is 0 Å². The number of carboxylic acid groups (broad SMARTS) is 1. The number of aromatic nitrogens is 1. The van der Waals surface area contributed by atoms with Gasteiger partial charge in [-0.25, -0.2) is 4.98 Å². The summed E-state index contributed by atoms with van der Waals surface area (Å²) in [4.78, 5) is 25.5. The minimum Gasteiger partial charge on any atom is -0.481 e. The summed E-state index contributed by atoms with van der Waals surface area (Å²) >= 11 is 0. The second-order valence-electron chi connectivity index (χ2n) is 3.45. The van der Waals surface area contributed by atoms with Crippen LogP contribution in [0.5, 0.6) is 0 Å². The number of carbonyl (C=O) groups is 2. The highest BCUT2D eigenvalue weighted by Crippen LogP contribution is 2.17. The number of oxazole rings is 1. The van der Waals surface area contributed by atoms with E-state index in [0.29, 0.717) is 16.7 Å². The fourth-order valence-electron chi connectivity index (χ4n) is 1.40. The molecule has 0 bridgehead atoms. The quantitative estimate of drug-likeness (QED) is 0.794. The van der Waals surface area contributed by atoms with Crippen molar-refractivity contribution in [2.24, 2.45) is 0 Å². The van der Waals surface area contributed by atoms with E-state index in [1.54, 1.807) is 18.2 Å². The van der Waals surface area contributed by atoms with Gasteiger partial charge in [-0.2, -0.15) is 0 Å². The van der Waals surface area contributed by atoms with E-state index in [-0.39, 0.29) is 18.1 Å². The summed E-state index contributed by atoms with van der Waals surface area (Å²) in [6, 6.07) is 4.88. The first kappa shape index (κ1) is 10.4. The van der Waals surface area contributed by atoms with E-state index in [4.69, 9.17) is 9.52 Å². The lowest BCUT2D eigenvalue weighted by molar-refractivity contribution is -0.136. The van der Waals surface area contributed by atoms with E-state index >= 15 is 0 Å². The van der Waals surface area contributed by atoms with Gasteiger partial charge in [0.05, 0.1) is 6.42 Å². The lowest BCUT2D eigenvalue weighted by Crippen LogP contribution is -1.99. The second-order valence-corrected chi connectivity index (χ2v) is 3.45. The molecule has 0 atom stereocenters. The maximum Gasteiger partial charge on any atom is 0.307 e. The zero-order valence-corrected chi connectivity index (χ0v) is 8.56. The van der Waals surface area contributed by atoms with Gasteiger partial charge < -0.3 is 9.52 Å². The van der Waals surface area contributed by atoms with Gasteiger partial charge in [0, 0.05) is 6.92 Å². The van der Waals surface area contributed by atoms with Crippen LogP contribution in [-0.2, 0) is 11.2 Å². The Balaban J connectivity index is 2.45. The molecule has 1 N–H and O–H groups in total. The molecule has 16 heavy (non-hydrogen) atoms. The highest BCUT2D eigenvalue weighted by atomic mass is 16.4. The topological polar surface area (TPSA) is 80.4 Å². The molecule has 0 aliphatic rings.